The molecule has 4 heterocycles. The second-order valence-corrected chi connectivity index (χ2v) is 10.5. The van der Waals surface area contributed by atoms with Crippen LogP contribution in [0, 0.1) is 18.8 Å². The van der Waals surface area contributed by atoms with Crippen molar-refractivity contribution in [2.24, 2.45) is 11.8 Å². The Morgan fingerprint density at radius 1 is 1.14 bits per heavy atom. The monoisotopic (exact) mass is 493 g/mol. The Morgan fingerprint density at radius 2 is 2.00 bits per heavy atom. The van der Waals surface area contributed by atoms with Gasteiger partial charge in [-0.15, -0.1) is 0 Å². The minimum absolute atomic E-state index is 0.0166. The van der Waals surface area contributed by atoms with Crippen molar-refractivity contribution in [2.75, 3.05) is 18.4 Å². The molecule has 7 nitrogen and oxygen atoms in total. The zero-order valence-corrected chi connectivity index (χ0v) is 21.4. The van der Waals surface area contributed by atoms with Gasteiger partial charge in [0.25, 0.3) is 11.8 Å². The van der Waals surface area contributed by atoms with E-state index >= 15 is 0 Å². The molecule has 0 bridgehead atoms. The molecule has 6 rings (SSSR count). The van der Waals surface area contributed by atoms with Gasteiger partial charge in [-0.2, -0.15) is 0 Å². The van der Waals surface area contributed by atoms with Crippen molar-refractivity contribution in [1.82, 2.24) is 19.6 Å². The second kappa shape index (κ2) is 9.07. The predicted octanol–water partition coefficient (Wildman–Crippen LogP) is 5.41. The molecule has 1 atom stereocenters. The lowest BCUT2D eigenvalue weighted by Gasteiger charge is -2.20. The van der Waals surface area contributed by atoms with Crippen LogP contribution in [0.2, 0.25) is 0 Å². The van der Waals surface area contributed by atoms with Crippen LogP contribution >= 0.6 is 0 Å². The van der Waals surface area contributed by atoms with Crippen molar-refractivity contribution >= 4 is 28.8 Å². The lowest BCUT2D eigenvalue weighted by Crippen LogP contribution is -2.29. The quantitative estimate of drug-likeness (QED) is 0.389. The topological polar surface area (TPSA) is 78.7 Å². The average Bonchev–Trinajstić information content (AvgIpc) is 3.64. The minimum atomic E-state index is -0.0166. The van der Waals surface area contributed by atoms with Crippen LogP contribution in [-0.4, -0.2) is 39.2 Å². The smallest absolute Gasteiger partial charge is 0.254 e. The number of imidazole rings is 1. The van der Waals surface area contributed by atoms with Gasteiger partial charge in [-0.25, -0.2) is 4.98 Å². The number of hydrogen-bond donors (Lipinski definition) is 2. The fourth-order valence-electron chi connectivity index (χ4n) is 5.56. The van der Waals surface area contributed by atoms with E-state index in [4.69, 9.17) is 0 Å². The first-order valence-electron chi connectivity index (χ1n) is 12.9. The molecular formula is C30H31N5O2. The van der Waals surface area contributed by atoms with E-state index in [0.29, 0.717) is 18.4 Å². The molecule has 2 aromatic heterocycles. The Bertz CT molecular complexity index is 1540. The van der Waals surface area contributed by atoms with Gasteiger partial charge in [0.15, 0.2) is 5.65 Å². The Hall–Kier alpha value is -4.13. The van der Waals surface area contributed by atoms with Crippen LogP contribution < -0.4 is 10.6 Å². The number of pyridine rings is 1. The molecule has 1 saturated heterocycles. The summed E-state index contributed by atoms with van der Waals surface area (Å²) in [5, 5.41) is 6.37. The molecule has 2 aliphatic rings. The number of rotatable bonds is 5. The normalized spacial score (nSPS) is 16.9. The number of likely N-dealkylation sites (tertiary alicyclic amines) is 1. The number of hydrogen-bond acceptors (Lipinski definition) is 4. The van der Waals surface area contributed by atoms with Crippen LogP contribution in [0.4, 0.5) is 11.4 Å². The zero-order valence-electron chi connectivity index (χ0n) is 21.4. The maximum absolute atomic E-state index is 13.2. The van der Waals surface area contributed by atoms with Gasteiger partial charge in [-0.05, 0) is 84.3 Å². The van der Waals surface area contributed by atoms with Gasteiger partial charge in [0.05, 0.1) is 11.4 Å². The molecule has 37 heavy (non-hydrogen) atoms. The van der Waals surface area contributed by atoms with Gasteiger partial charge >= 0.3 is 0 Å². The summed E-state index contributed by atoms with van der Waals surface area (Å²) in [5.41, 5.74) is 8.11. The molecular weight excluding hydrogens is 462 g/mol. The van der Waals surface area contributed by atoms with Gasteiger partial charge in [0.1, 0.15) is 0 Å². The summed E-state index contributed by atoms with van der Waals surface area (Å²) in [6, 6.07) is 15.9. The molecule has 188 valence electrons. The standard InChI is InChI=1S/C30H31N5O2/c1-18(2)21-10-12-34(17-21)30(37)24-7-5-23(14-19(24)3)33-26-8-9-27(35-13-11-31-28(26)35)20-4-6-25-22(15-20)16-32-29(25)36/h4-9,11,13-15,18,21,33H,10,12,16-17H2,1-3H3,(H,32,36). The molecule has 1 unspecified atom stereocenters. The van der Waals surface area contributed by atoms with Gasteiger partial charge in [-0.3, -0.25) is 14.0 Å². The maximum Gasteiger partial charge on any atom is 0.254 e. The Morgan fingerprint density at radius 3 is 2.78 bits per heavy atom. The van der Waals surface area contributed by atoms with Gasteiger partial charge in [0.2, 0.25) is 0 Å². The number of aromatic nitrogens is 2. The first kappa shape index (κ1) is 23.3. The summed E-state index contributed by atoms with van der Waals surface area (Å²) in [7, 11) is 0. The highest BCUT2D eigenvalue weighted by Gasteiger charge is 2.29. The lowest BCUT2D eigenvalue weighted by atomic mass is 9.95. The van der Waals surface area contributed by atoms with Crippen molar-refractivity contribution < 1.29 is 9.59 Å². The molecule has 2 aliphatic heterocycles. The van der Waals surface area contributed by atoms with Crippen molar-refractivity contribution in [3.05, 3.63) is 83.2 Å². The van der Waals surface area contributed by atoms with E-state index in [1.807, 2.05) is 54.4 Å². The molecule has 0 saturated carbocycles. The van der Waals surface area contributed by atoms with E-state index in [-0.39, 0.29) is 11.8 Å². The first-order chi connectivity index (χ1) is 17.9. The molecule has 7 heteroatoms. The minimum Gasteiger partial charge on any atom is -0.352 e. The second-order valence-electron chi connectivity index (χ2n) is 10.5. The highest BCUT2D eigenvalue weighted by atomic mass is 16.2. The van der Waals surface area contributed by atoms with Crippen LogP contribution in [0.1, 0.15) is 52.1 Å². The Balaban J connectivity index is 1.25. The fourth-order valence-corrected chi connectivity index (χ4v) is 5.56. The molecule has 2 amide bonds. The molecule has 4 aromatic rings. The van der Waals surface area contributed by atoms with Gasteiger partial charge < -0.3 is 15.5 Å². The number of fused-ring (bicyclic) bond motifs is 2. The molecule has 0 spiro atoms. The third-order valence-corrected chi connectivity index (χ3v) is 7.82. The number of anilines is 2. The first-order valence-corrected chi connectivity index (χ1v) is 12.9. The number of nitrogens with one attached hydrogen (secondary N) is 2. The van der Waals surface area contributed by atoms with E-state index in [9.17, 15) is 9.59 Å². The highest BCUT2D eigenvalue weighted by molar-refractivity contribution is 5.99. The predicted molar refractivity (Wildman–Crippen MR) is 145 cm³/mol. The summed E-state index contributed by atoms with van der Waals surface area (Å²) in [6.07, 6.45) is 4.81. The zero-order chi connectivity index (χ0) is 25.7. The summed E-state index contributed by atoms with van der Waals surface area (Å²) in [5.74, 6) is 1.29. The number of nitrogens with zero attached hydrogens (tertiary/aromatic N) is 3. The number of amides is 2. The molecule has 0 aliphatic carbocycles. The average molecular weight is 494 g/mol. The maximum atomic E-state index is 13.2. The summed E-state index contributed by atoms with van der Waals surface area (Å²) < 4.78 is 2.05. The van der Waals surface area contributed by atoms with Crippen LogP contribution in [0.3, 0.4) is 0 Å². The van der Waals surface area contributed by atoms with E-state index in [2.05, 4.69) is 46.0 Å². The number of carbonyl (C=O) groups is 2. The van der Waals surface area contributed by atoms with Crippen LogP contribution in [0.25, 0.3) is 16.9 Å². The Kier molecular flexibility index (Phi) is 5.71. The van der Waals surface area contributed by atoms with Gasteiger partial charge in [-0.1, -0.05) is 19.9 Å². The van der Waals surface area contributed by atoms with Crippen LogP contribution in [0.5, 0.6) is 0 Å². The number of carbonyl (C=O) groups excluding carboxylic acids is 2. The van der Waals surface area contributed by atoms with E-state index < -0.39 is 0 Å². The van der Waals surface area contributed by atoms with Crippen LogP contribution in [-0.2, 0) is 6.54 Å². The summed E-state index contributed by atoms with van der Waals surface area (Å²) in [6.45, 7) is 8.70. The number of benzene rings is 2. The fraction of sp³-hybridized carbons (Fsp3) is 0.300. The highest BCUT2D eigenvalue weighted by Crippen LogP contribution is 2.31. The van der Waals surface area contributed by atoms with Crippen molar-refractivity contribution in [1.29, 1.82) is 0 Å². The summed E-state index contributed by atoms with van der Waals surface area (Å²) >= 11 is 0. The summed E-state index contributed by atoms with van der Waals surface area (Å²) in [4.78, 5) is 31.7. The SMILES string of the molecule is Cc1cc(Nc2ccc(-c3ccc4c(c3)CNC4=O)n3ccnc23)ccc1C(=O)N1CCC(C(C)C)C1. The third-order valence-electron chi connectivity index (χ3n) is 7.82. The van der Waals surface area contributed by atoms with E-state index in [0.717, 1.165) is 70.0 Å². The van der Waals surface area contributed by atoms with Crippen LogP contribution in [0.15, 0.2) is 60.9 Å². The van der Waals surface area contributed by atoms with E-state index in [1.54, 1.807) is 6.20 Å². The molecule has 0 radical (unpaired) electrons. The lowest BCUT2D eigenvalue weighted by molar-refractivity contribution is 0.0783. The van der Waals surface area contributed by atoms with Crippen molar-refractivity contribution in [3.63, 3.8) is 0 Å². The largest absolute Gasteiger partial charge is 0.352 e. The Labute approximate surface area is 216 Å². The van der Waals surface area contributed by atoms with Crippen molar-refractivity contribution in [2.45, 2.75) is 33.7 Å². The van der Waals surface area contributed by atoms with Crippen molar-refractivity contribution in [3.8, 4) is 11.3 Å². The number of aryl methyl sites for hydroxylation is 1. The van der Waals surface area contributed by atoms with E-state index in [1.165, 1.54) is 0 Å². The van der Waals surface area contributed by atoms with Gasteiger partial charge in [0, 0.05) is 48.8 Å². The molecule has 2 aromatic carbocycles. The molecule has 1 fully saturated rings. The third kappa shape index (κ3) is 4.14. The molecule has 2 N–H and O–H groups in total.